The molecule has 0 saturated carbocycles. The van der Waals surface area contributed by atoms with E-state index in [2.05, 4.69) is 0 Å². The molecule has 1 fully saturated rings. The fourth-order valence-electron chi connectivity index (χ4n) is 3.28. The number of ketones is 1. The standard InChI is InChI=1S/C21H20Cl2N2O4/c1-24(2)8-9-25-18(12-4-3-5-13(22)10-12)17(20(28)21(25)29)19(27)15-11-14(23)6-7-16(15)26/h3-7,10-11,18,26-27H,8-9H2,1-2H3/b19-17+. The van der Waals surface area contributed by atoms with E-state index in [-0.39, 0.29) is 28.5 Å². The molecule has 0 aromatic heterocycles. The van der Waals surface area contributed by atoms with Crippen molar-refractivity contribution in [2.24, 2.45) is 0 Å². The molecule has 152 valence electrons. The van der Waals surface area contributed by atoms with Crippen molar-refractivity contribution in [3.8, 4) is 5.75 Å². The number of phenolic OH excluding ortho intramolecular Hbond substituents is 1. The highest BCUT2D eigenvalue weighted by atomic mass is 35.5. The summed E-state index contributed by atoms with van der Waals surface area (Å²) in [4.78, 5) is 28.9. The van der Waals surface area contributed by atoms with E-state index in [0.717, 1.165) is 0 Å². The second-order valence-electron chi connectivity index (χ2n) is 7.01. The van der Waals surface area contributed by atoms with Gasteiger partial charge in [0.25, 0.3) is 11.7 Å². The van der Waals surface area contributed by atoms with Crippen LogP contribution in [0.3, 0.4) is 0 Å². The second kappa shape index (κ2) is 8.45. The van der Waals surface area contributed by atoms with Crippen LogP contribution in [0.5, 0.6) is 5.75 Å². The van der Waals surface area contributed by atoms with Crippen LogP contribution in [0, 0.1) is 0 Å². The largest absolute Gasteiger partial charge is 0.507 e. The van der Waals surface area contributed by atoms with E-state index < -0.39 is 23.5 Å². The van der Waals surface area contributed by atoms with Gasteiger partial charge in [0.1, 0.15) is 11.5 Å². The third kappa shape index (κ3) is 4.24. The van der Waals surface area contributed by atoms with Gasteiger partial charge in [-0.2, -0.15) is 0 Å². The van der Waals surface area contributed by atoms with Crippen LogP contribution >= 0.6 is 23.2 Å². The number of carbonyl (C=O) groups is 2. The van der Waals surface area contributed by atoms with E-state index >= 15 is 0 Å². The molecule has 0 spiro atoms. The molecule has 0 aliphatic carbocycles. The van der Waals surface area contributed by atoms with Crippen LogP contribution in [0.4, 0.5) is 0 Å². The highest BCUT2D eigenvalue weighted by Gasteiger charge is 2.46. The Morgan fingerprint density at radius 1 is 1.10 bits per heavy atom. The average Bonchev–Trinajstić information content (AvgIpc) is 2.92. The van der Waals surface area contributed by atoms with Crippen LogP contribution in [0.2, 0.25) is 10.0 Å². The first-order valence-corrected chi connectivity index (χ1v) is 9.63. The van der Waals surface area contributed by atoms with Gasteiger partial charge >= 0.3 is 0 Å². The summed E-state index contributed by atoms with van der Waals surface area (Å²) in [6, 6.07) is 10.0. The third-order valence-electron chi connectivity index (χ3n) is 4.71. The summed E-state index contributed by atoms with van der Waals surface area (Å²) in [5.41, 5.74) is 0.447. The van der Waals surface area contributed by atoms with Gasteiger partial charge in [-0.1, -0.05) is 35.3 Å². The molecule has 2 aromatic rings. The lowest BCUT2D eigenvalue weighted by atomic mass is 9.95. The van der Waals surface area contributed by atoms with Gasteiger partial charge in [0.15, 0.2) is 0 Å². The van der Waals surface area contributed by atoms with Crippen molar-refractivity contribution >= 4 is 40.7 Å². The number of likely N-dealkylation sites (tertiary alicyclic amines) is 1. The molecule has 1 aliphatic heterocycles. The van der Waals surface area contributed by atoms with Gasteiger partial charge in [-0.05, 0) is 50.0 Å². The number of aliphatic hydroxyl groups is 1. The Kier molecular flexibility index (Phi) is 6.17. The lowest BCUT2D eigenvalue weighted by molar-refractivity contribution is -0.140. The molecule has 1 unspecified atom stereocenters. The molecule has 1 atom stereocenters. The molecule has 3 rings (SSSR count). The van der Waals surface area contributed by atoms with Crippen molar-refractivity contribution in [1.82, 2.24) is 9.80 Å². The van der Waals surface area contributed by atoms with Gasteiger partial charge in [-0.3, -0.25) is 9.59 Å². The fourth-order valence-corrected chi connectivity index (χ4v) is 3.66. The molecule has 2 N–H and O–H groups in total. The first-order valence-electron chi connectivity index (χ1n) is 8.88. The van der Waals surface area contributed by atoms with Gasteiger partial charge in [0.05, 0.1) is 17.2 Å². The quantitative estimate of drug-likeness (QED) is 0.426. The fraction of sp³-hybridized carbons (Fsp3) is 0.238. The van der Waals surface area contributed by atoms with E-state index in [1.807, 2.05) is 19.0 Å². The maximum absolute atomic E-state index is 12.9. The Morgan fingerprint density at radius 3 is 2.45 bits per heavy atom. The Balaban J connectivity index is 2.20. The number of likely N-dealkylation sites (N-methyl/N-ethyl adjacent to an activating group) is 1. The number of carbonyl (C=O) groups excluding carboxylic acids is 2. The second-order valence-corrected chi connectivity index (χ2v) is 7.89. The predicted octanol–water partition coefficient (Wildman–Crippen LogP) is 3.68. The predicted molar refractivity (Wildman–Crippen MR) is 112 cm³/mol. The van der Waals surface area contributed by atoms with Crippen LogP contribution in [-0.4, -0.2) is 58.9 Å². The van der Waals surface area contributed by atoms with E-state index in [0.29, 0.717) is 17.1 Å². The third-order valence-corrected chi connectivity index (χ3v) is 5.18. The van der Waals surface area contributed by atoms with Crippen molar-refractivity contribution in [3.63, 3.8) is 0 Å². The Labute approximate surface area is 178 Å². The summed E-state index contributed by atoms with van der Waals surface area (Å²) in [5, 5.41) is 21.8. The summed E-state index contributed by atoms with van der Waals surface area (Å²) in [6.07, 6.45) is 0. The first kappa shape index (κ1) is 21.2. The summed E-state index contributed by atoms with van der Waals surface area (Å²) >= 11 is 12.1. The minimum absolute atomic E-state index is 0.0184. The van der Waals surface area contributed by atoms with E-state index in [9.17, 15) is 19.8 Å². The molecule has 0 bridgehead atoms. The number of benzene rings is 2. The number of rotatable bonds is 5. The summed E-state index contributed by atoms with van der Waals surface area (Å²) in [6.45, 7) is 0.791. The number of nitrogens with zero attached hydrogens (tertiary/aromatic N) is 2. The van der Waals surface area contributed by atoms with Gasteiger partial charge < -0.3 is 20.0 Å². The van der Waals surface area contributed by atoms with Crippen LogP contribution in [0.1, 0.15) is 17.2 Å². The zero-order valence-electron chi connectivity index (χ0n) is 15.9. The molecule has 1 aliphatic rings. The molecule has 6 nitrogen and oxygen atoms in total. The molecule has 29 heavy (non-hydrogen) atoms. The molecule has 8 heteroatoms. The molecule has 1 saturated heterocycles. The van der Waals surface area contributed by atoms with Gasteiger partial charge in [-0.25, -0.2) is 0 Å². The maximum Gasteiger partial charge on any atom is 0.295 e. The topological polar surface area (TPSA) is 81.1 Å². The summed E-state index contributed by atoms with van der Waals surface area (Å²) in [5.74, 6) is -2.29. The molecule has 1 heterocycles. The molecule has 2 aromatic carbocycles. The highest BCUT2D eigenvalue weighted by Crippen LogP contribution is 2.41. The number of Topliss-reactive ketones (excluding diaryl/α,β-unsaturated/α-hetero) is 1. The minimum Gasteiger partial charge on any atom is -0.507 e. The van der Waals surface area contributed by atoms with E-state index in [1.165, 1.54) is 23.1 Å². The van der Waals surface area contributed by atoms with Crippen LogP contribution in [-0.2, 0) is 9.59 Å². The normalized spacial score (nSPS) is 18.7. The maximum atomic E-state index is 12.9. The number of amides is 1. The van der Waals surface area contributed by atoms with Crippen molar-refractivity contribution in [2.75, 3.05) is 27.2 Å². The average molecular weight is 435 g/mol. The lowest BCUT2D eigenvalue weighted by Gasteiger charge is -2.26. The molecule has 1 amide bonds. The Morgan fingerprint density at radius 2 is 1.79 bits per heavy atom. The van der Waals surface area contributed by atoms with Gasteiger partial charge in [0, 0.05) is 23.1 Å². The van der Waals surface area contributed by atoms with E-state index in [1.54, 1.807) is 24.3 Å². The van der Waals surface area contributed by atoms with Gasteiger partial charge in [-0.15, -0.1) is 0 Å². The first-order chi connectivity index (χ1) is 13.7. The molecule has 0 radical (unpaired) electrons. The van der Waals surface area contributed by atoms with Crippen LogP contribution in [0.25, 0.3) is 5.76 Å². The van der Waals surface area contributed by atoms with E-state index in [4.69, 9.17) is 23.2 Å². The summed E-state index contributed by atoms with van der Waals surface area (Å²) in [7, 11) is 3.71. The van der Waals surface area contributed by atoms with Crippen LogP contribution < -0.4 is 0 Å². The highest BCUT2D eigenvalue weighted by molar-refractivity contribution is 6.46. The van der Waals surface area contributed by atoms with Gasteiger partial charge in [0.2, 0.25) is 0 Å². The number of hydrogen-bond donors (Lipinski definition) is 2. The Hall–Kier alpha value is -2.54. The monoisotopic (exact) mass is 434 g/mol. The zero-order valence-corrected chi connectivity index (χ0v) is 17.4. The van der Waals surface area contributed by atoms with Crippen molar-refractivity contribution < 1.29 is 19.8 Å². The SMILES string of the molecule is CN(C)CCN1C(=O)C(=O)/C(=C(/O)c2cc(Cl)ccc2O)C1c1cccc(Cl)c1. The summed E-state index contributed by atoms with van der Waals surface area (Å²) < 4.78 is 0. The number of aliphatic hydroxyl groups excluding tert-OH is 1. The van der Waals surface area contributed by atoms with Crippen LogP contribution in [0.15, 0.2) is 48.0 Å². The smallest absolute Gasteiger partial charge is 0.295 e. The molecular weight excluding hydrogens is 415 g/mol. The molecular formula is C21H20Cl2N2O4. The van der Waals surface area contributed by atoms with Crippen molar-refractivity contribution in [1.29, 1.82) is 0 Å². The Bertz CT molecular complexity index is 1000. The van der Waals surface area contributed by atoms with Crippen molar-refractivity contribution in [3.05, 3.63) is 69.2 Å². The number of phenols is 1. The lowest BCUT2D eigenvalue weighted by Crippen LogP contribution is -2.35. The number of halogens is 2. The minimum atomic E-state index is -0.841. The number of aromatic hydroxyl groups is 1. The van der Waals surface area contributed by atoms with Crippen molar-refractivity contribution in [2.45, 2.75) is 6.04 Å². The zero-order chi connectivity index (χ0) is 21.3. The number of hydrogen-bond acceptors (Lipinski definition) is 5.